The quantitative estimate of drug-likeness (QED) is 0.413. The normalized spacial score (nSPS) is 11.8. The number of aromatic nitrogens is 1. The number of fused-ring (bicyclic) bond motifs is 1. The fourth-order valence-electron chi connectivity index (χ4n) is 2.42. The molecule has 2 aromatic carbocycles. The van der Waals surface area contributed by atoms with Crippen molar-refractivity contribution in [3.8, 4) is 17.2 Å². The summed E-state index contributed by atoms with van der Waals surface area (Å²) in [5.41, 5.74) is 0.847. The molecule has 0 aliphatic carbocycles. The van der Waals surface area contributed by atoms with Crippen molar-refractivity contribution >= 4 is 32.8 Å². The lowest BCUT2D eigenvalue weighted by atomic mass is 10.2. The number of halogens is 1. The summed E-state index contributed by atoms with van der Waals surface area (Å²) < 4.78 is 17.2. The lowest BCUT2D eigenvalue weighted by molar-refractivity contribution is -0.150. The minimum atomic E-state index is -0.665. The van der Waals surface area contributed by atoms with E-state index >= 15 is 0 Å². The third-order valence-corrected chi connectivity index (χ3v) is 4.04. The Morgan fingerprint density at radius 1 is 1.12 bits per heavy atom. The zero-order chi connectivity index (χ0) is 18.5. The third-order valence-electron chi connectivity index (χ3n) is 3.63. The zero-order valence-electron chi connectivity index (χ0n) is 14.4. The van der Waals surface area contributed by atoms with Gasteiger partial charge in [-0.1, -0.05) is 12.1 Å². The van der Waals surface area contributed by atoms with Crippen LogP contribution in [0.4, 0.5) is 0 Å². The molecule has 5 nitrogen and oxygen atoms in total. The zero-order valence-corrected chi connectivity index (χ0v) is 16.0. The van der Waals surface area contributed by atoms with Crippen molar-refractivity contribution in [3.63, 3.8) is 0 Å². The Hall–Kier alpha value is -2.60. The van der Waals surface area contributed by atoms with Crippen LogP contribution in [0.25, 0.3) is 10.9 Å². The lowest BCUT2D eigenvalue weighted by Crippen LogP contribution is -2.25. The van der Waals surface area contributed by atoms with Crippen LogP contribution in [0, 0.1) is 0 Å². The number of nitrogens with zero attached hydrogens (tertiary/aromatic N) is 1. The van der Waals surface area contributed by atoms with Gasteiger partial charge in [-0.15, -0.1) is 0 Å². The summed E-state index contributed by atoms with van der Waals surface area (Å²) in [5.74, 6) is 1.54. The number of carbonyl (C=O) groups is 1. The third kappa shape index (κ3) is 4.32. The highest BCUT2D eigenvalue weighted by Gasteiger charge is 2.15. The molecule has 1 atom stereocenters. The van der Waals surface area contributed by atoms with Crippen LogP contribution in [-0.4, -0.2) is 23.7 Å². The molecule has 0 bridgehead atoms. The number of ether oxygens (including phenoxy) is 3. The van der Waals surface area contributed by atoms with Crippen LogP contribution in [0.3, 0.4) is 0 Å². The lowest BCUT2D eigenvalue weighted by Gasteiger charge is -2.14. The molecule has 134 valence electrons. The Balaban J connectivity index is 1.75. The van der Waals surface area contributed by atoms with Gasteiger partial charge >= 0.3 is 5.97 Å². The first-order chi connectivity index (χ1) is 12.6. The minimum absolute atomic E-state index is 0.328. The number of para-hydroxylation sites is 1. The molecule has 1 unspecified atom stereocenters. The van der Waals surface area contributed by atoms with Gasteiger partial charge in [0.15, 0.2) is 6.10 Å². The molecular formula is C20H18BrNO4. The van der Waals surface area contributed by atoms with Crippen molar-refractivity contribution in [2.45, 2.75) is 20.0 Å². The van der Waals surface area contributed by atoms with E-state index in [9.17, 15) is 4.79 Å². The van der Waals surface area contributed by atoms with Gasteiger partial charge in [0.25, 0.3) is 0 Å². The van der Waals surface area contributed by atoms with Crippen LogP contribution < -0.4 is 9.47 Å². The van der Waals surface area contributed by atoms with Gasteiger partial charge in [-0.3, -0.25) is 0 Å². The topological polar surface area (TPSA) is 57.7 Å². The van der Waals surface area contributed by atoms with Gasteiger partial charge in [0.05, 0.1) is 12.1 Å². The van der Waals surface area contributed by atoms with E-state index in [4.69, 9.17) is 14.2 Å². The molecule has 0 saturated heterocycles. The maximum absolute atomic E-state index is 11.6. The number of rotatable bonds is 6. The number of pyridine rings is 1. The van der Waals surface area contributed by atoms with Gasteiger partial charge in [0, 0.05) is 11.5 Å². The Kier molecular flexibility index (Phi) is 5.73. The molecular weight excluding hydrogens is 398 g/mol. The summed E-state index contributed by atoms with van der Waals surface area (Å²) in [7, 11) is 0. The number of benzene rings is 2. The molecule has 1 heterocycles. The van der Waals surface area contributed by atoms with E-state index in [-0.39, 0.29) is 5.97 Å². The van der Waals surface area contributed by atoms with Crippen molar-refractivity contribution in [3.05, 3.63) is 59.2 Å². The Morgan fingerprint density at radius 2 is 1.81 bits per heavy atom. The second-order valence-corrected chi connectivity index (χ2v) is 6.36. The molecule has 1 aromatic heterocycles. The molecule has 0 N–H and O–H groups in total. The van der Waals surface area contributed by atoms with E-state index in [1.54, 1.807) is 38.1 Å². The predicted octanol–water partition coefficient (Wildman–Crippen LogP) is 5.12. The summed E-state index contributed by atoms with van der Waals surface area (Å²) in [4.78, 5) is 16.1. The van der Waals surface area contributed by atoms with Gasteiger partial charge in [-0.25, -0.2) is 9.78 Å². The molecule has 0 aliphatic rings. The van der Waals surface area contributed by atoms with E-state index in [0.717, 1.165) is 10.9 Å². The van der Waals surface area contributed by atoms with Gasteiger partial charge in [0.1, 0.15) is 21.9 Å². The minimum Gasteiger partial charge on any atom is -0.479 e. The summed E-state index contributed by atoms with van der Waals surface area (Å²) in [5, 5.41) is 0.923. The molecule has 0 aliphatic heterocycles. The average Bonchev–Trinajstić information content (AvgIpc) is 2.63. The predicted molar refractivity (Wildman–Crippen MR) is 103 cm³/mol. The van der Waals surface area contributed by atoms with E-state index in [1.807, 2.05) is 30.3 Å². The second-order valence-electron chi connectivity index (χ2n) is 5.55. The SMILES string of the molecule is CCOC(=O)C(C)Oc1ccc(Oc2cc(Br)nc3ccccc23)cc1. The first kappa shape index (κ1) is 18.2. The van der Waals surface area contributed by atoms with Gasteiger partial charge in [0.2, 0.25) is 0 Å². The van der Waals surface area contributed by atoms with Crippen LogP contribution >= 0.6 is 15.9 Å². The largest absolute Gasteiger partial charge is 0.479 e. The van der Waals surface area contributed by atoms with Gasteiger partial charge in [-0.05, 0) is 66.2 Å². The second kappa shape index (κ2) is 8.19. The molecule has 0 spiro atoms. The van der Waals surface area contributed by atoms with Crippen molar-refractivity contribution in [2.24, 2.45) is 0 Å². The summed E-state index contributed by atoms with van der Waals surface area (Å²) in [6.45, 7) is 3.75. The molecule has 3 aromatic rings. The molecule has 0 radical (unpaired) electrons. The maximum atomic E-state index is 11.6. The smallest absolute Gasteiger partial charge is 0.347 e. The van der Waals surface area contributed by atoms with Crippen LogP contribution in [0.2, 0.25) is 0 Å². The summed E-state index contributed by atoms with van der Waals surface area (Å²) in [6, 6.07) is 16.7. The summed E-state index contributed by atoms with van der Waals surface area (Å²) >= 11 is 3.41. The van der Waals surface area contributed by atoms with Crippen molar-refractivity contribution in [1.29, 1.82) is 0 Å². The Labute approximate surface area is 160 Å². The number of hydrogen-bond acceptors (Lipinski definition) is 5. The molecule has 26 heavy (non-hydrogen) atoms. The average molecular weight is 416 g/mol. The standard InChI is InChI=1S/C20H18BrNO4/c1-3-24-20(23)13(2)25-14-8-10-15(11-9-14)26-18-12-19(21)22-17-7-5-4-6-16(17)18/h4-13H,3H2,1-2H3. The molecule has 0 amide bonds. The number of esters is 1. The van der Waals surface area contributed by atoms with Gasteiger partial charge < -0.3 is 14.2 Å². The first-order valence-corrected chi connectivity index (χ1v) is 9.02. The number of carbonyl (C=O) groups excluding carboxylic acids is 1. The Morgan fingerprint density at radius 3 is 2.54 bits per heavy atom. The Bertz CT molecular complexity index is 911. The molecule has 3 rings (SSSR count). The van der Waals surface area contributed by atoms with Crippen molar-refractivity contribution in [2.75, 3.05) is 6.61 Å². The number of hydrogen-bond donors (Lipinski definition) is 0. The first-order valence-electron chi connectivity index (χ1n) is 8.23. The molecule has 0 saturated carbocycles. The fraction of sp³-hybridized carbons (Fsp3) is 0.200. The van der Waals surface area contributed by atoms with Crippen LogP contribution in [0.15, 0.2) is 59.2 Å². The maximum Gasteiger partial charge on any atom is 0.347 e. The van der Waals surface area contributed by atoms with E-state index in [1.165, 1.54) is 0 Å². The highest BCUT2D eigenvalue weighted by atomic mass is 79.9. The monoisotopic (exact) mass is 415 g/mol. The van der Waals surface area contributed by atoms with E-state index in [0.29, 0.717) is 28.5 Å². The van der Waals surface area contributed by atoms with E-state index in [2.05, 4.69) is 20.9 Å². The van der Waals surface area contributed by atoms with Gasteiger partial charge in [-0.2, -0.15) is 0 Å². The van der Waals surface area contributed by atoms with E-state index < -0.39 is 6.10 Å². The van der Waals surface area contributed by atoms with Crippen LogP contribution in [-0.2, 0) is 9.53 Å². The molecule has 6 heteroatoms. The highest BCUT2D eigenvalue weighted by Crippen LogP contribution is 2.32. The van der Waals surface area contributed by atoms with Crippen LogP contribution in [0.5, 0.6) is 17.2 Å². The molecule has 0 fully saturated rings. The summed E-state index contributed by atoms with van der Waals surface area (Å²) in [6.07, 6.45) is -0.665. The fourth-order valence-corrected chi connectivity index (χ4v) is 2.82. The highest BCUT2D eigenvalue weighted by molar-refractivity contribution is 9.10. The van der Waals surface area contributed by atoms with Crippen molar-refractivity contribution in [1.82, 2.24) is 4.98 Å². The van der Waals surface area contributed by atoms with Crippen LogP contribution in [0.1, 0.15) is 13.8 Å². The van der Waals surface area contributed by atoms with Crippen molar-refractivity contribution < 1.29 is 19.0 Å².